The van der Waals surface area contributed by atoms with E-state index in [9.17, 15) is 8.78 Å². The molecule has 0 amide bonds. The van der Waals surface area contributed by atoms with E-state index in [2.05, 4.69) is 20.5 Å². The standard InChI is InChI=1S/C21H28F2N4O2/c22-18-4-5-20(23)17(15-18)16-26-21(25-8-6-19-3-1-12-29-19)24-7-2-9-27-10-13-28-14-11-27/h1,3-5,12,15H,2,6-11,13-14,16H2,(H2,24,25,26). The van der Waals surface area contributed by atoms with Crippen LogP contribution >= 0.6 is 0 Å². The summed E-state index contributed by atoms with van der Waals surface area (Å²) in [5.41, 5.74) is 0.227. The smallest absolute Gasteiger partial charge is 0.191 e. The zero-order chi connectivity index (χ0) is 20.3. The summed E-state index contributed by atoms with van der Waals surface area (Å²) in [6.07, 6.45) is 3.30. The van der Waals surface area contributed by atoms with Gasteiger partial charge in [0.2, 0.25) is 0 Å². The molecule has 0 saturated carbocycles. The Morgan fingerprint density at radius 1 is 1.10 bits per heavy atom. The highest BCUT2D eigenvalue weighted by molar-refractivity contribution is 5.79. The SMILES string of the molecule is Fc1ccc(F)c(CN=C(NCCCN2CCOCC2)NCCc2ccco2)c1. The lowest BCUT2D eigenvalue weighted by molar-refractivity contribution is 0.0376. The molecule has 1 saturated heterocycles. The molecule has 2 heterocycles. The van der Waals surface area contributed by atoms with Gasteiger partial charge in [0, 0.05) is 38.2 Å². The first-order chi connectivity index (χ1) is 14.2. The lowest BCUT2D eigenvalue weighted by Gasteiger charge is -2.26. The van der Waals surface area contributed by atoms with Gasteiger partial charge in [-0.15, -0.1) is 0 Å². The first-order valence-electron chi connectivity index (χ1n) is 9.99. The second kappa shape index (κ2) is 11.5. The highest BCUT2D eigenvalue weighted by Crippen LogP contribution is 2.10. The summed E-state index contributed by atoms with van der Waals surface area (Å²) in [4.78, 5) is 6.79. The van der Waals surface area contributed by atoms with E-state index in [-0.39, 0.29) is 12.1 Å². The third-order valence-corrected chi connectivity index (χ3v) is 4.71. The first-order valence-corrected chi connectivity index (χ1v) is 9.99. The van der Waals surface area contributed by atoms with Gasteiger partial charge >= 0.3 is 0 Å². The van der Waals surface area contributed by atoms with Crippen LogP contribution in [-0.2, 0) is 17.7 Å². The average molecular weight is 406 g/mol. The Bertz CT molecular complexity index is 762. The molecule has 2 N–H and O–H groups in total. The predicted octanol–water partition coefficient (Wildman–Crippen LogP) is 2.56. The lowest BCUT2D eigenvalue weighted by atomic mass is 10.2. The van der Waals surface area contributed by atoms with Gasteiger partial charge in [-0.25, -0.2) is 13.8 Å². The molecule has 1 fully saturated rings. The number of aliphatic imine (C=N–C) groups is 1. The summed E-state index contributed by atoms with van der Waals surface area (Å²) in [6, 6.07) is 7.17. The fourth-order valence-corrected chi connectivity index (χ4v) is 3.10. The molecule has 3 rings (SSSR count). The minimum atomic E-state index is -0.470. The van der Waals surface area contributed by atoms with Crippen LogP contribution in [0.4, 0.5) is 8.78 Å². The van der Waals surface area contributed by atoms with Crippen LogP contribution in [0, 0.1) is 11.6 Å². The Kier molecular flexibility index (Phi) is 8.45. The lowest BCUT2D eigenvalue weighted by Crippen LogP contribution is -2.41. The molecular weight excluding hydrogens is 378 g/mol. The first kappa shape index (κ1) is 21.3. The van der Waals surface area contributed by atoms with Gasteiger partial charge in [0.1, 0.15) is 17.4 Å². The van der Waals surface area contributed by atoms with Crippen LogP contribution in [0.5, 0.6) is 0 Å². The summed E-state index contributed by atoms with van der Waals surface area (Å²) in [5.74, 6) is 0.516. The van der Waals surface area contributed by atoms with E-state index in [4.69, 9.17) is 9.15 Å². The Hall–Kier alpha value is -2.45. The van der Waals surface area contributed by atoms with E-state index in [0.717, 1.165) is 63.7 Å². The van der Waals surface area contributed by atoms with Crippen molar-refractivity contribution in [2.75, 3.05) is 45.9 Å². The van der Waals surface area contributed by atoms with Crippen LogP contribution in [0.25, 0.3) is 0 Å². The Labute approximate surface area is 169 Å². The molecule has 1 aromatic heterocycles. The normalized spacial score (nSPS) is 15.4. The maximum absolute atomic E-state index is 13.9. The summed E-state index contributed by atoms with van der Waals surface area (Å²) in [5, 5.41) is 6.51. The molecule has 0 bridgehead atoms. The van der Waals surface area contributed by atoms with Crippen molar-refractivity contribution in [3.63, 3.8) is 0 Å². The summed E-state index contributed by atoms with van der Waals surface area (Å²) in [6.45, 7) is 5.88. The summed E-state index contributed by atoms with van der Waals surface area (Å²) >= 11 is 0. The molecule has 0 atom stereocenters. The maximum Gasteiger partial charge on any atom is 0.191 e. The number of guanidine groups is 1. The molecule has 0 aliphatic carbocycles. The van der Waals surface area contributed by atoms with Crippen LogP contribution in [0.15, 0.2) is 46.0 Å². The highest BCUT2D eigenvalue weighted by atomic mass is 19.1. The van der Waals surface area contributed by atoms with Gasteiger partial charge in [0.25, 0.3) is 0 Å². The van der Waals surface area contributed by atoms with E-state index in [1.807, 2.05) is 12.1 Å². The number of ether oxygens (including phenoxy) is 1. The fourth-order valence-electron chi connectivity index (χ4n) is 3.10. The quantitative estimate of drug-likeness (QED) is 0.381. The Morgan fingerprint density at radius 3 is 2.72 bits per heavy atom. The zero-order valence-electron chi connectivity index (χ0n) is 16.5. The number of hydrogen-bond donors (Lipinski definition) is 2. The van der Waals surface area contributed by atoms with Gasteiger partial charge in [0.15, 0.2) is 5.96 Å². The molecular formula is C21H28F2N4O2. The Morgan fingerprint density at radius 2 is 1.93 bits per heavy atom. The second-order valence-electron chi connectivity index (χ2n) is 6.89. The molecule has 0 unspecified atom stereocenters. The van der Waals surface area contributed by atoms with Crippen molar-refractivity contribution in [1.82, 2.24) is 15.5 Å². The van der Waals surface area contributed by atoms with Crippen LogP contribution in [0.1, 0.15) is 17.7 Å². The van der Waals surface area contributed by atoms with Crippen molar-refractivity contribution in [2.24, 2.45) is 4.99 Å². The molecule has 29 heavy (non-hydrogen) atoms. The summed E-state index contributed by atoms with van der Waals surface area (Å²) < 4.78 is 37.9. The van der Waals surface area contributed by atoms with E-state index in [1.54, 1.807) is 6.26 Å². The van der Waals surface area contributed by atoms with E-state index >= 15 is 0 Å². The number of hydrogen-bond acceptors (Lipinski definition) is 4. The van der Waals surface area contributed by atoms with E-state index in [1.165, 1.54) is 6.07 Å². The third kappa shape index (κ3) is 7.47. The van der Waals surface area contributed by atoms with Gasteiger partial charge in [-0.05, 0) is 43.3 Å². The highest BCUT2D eigenvalue weighted by Gasteiger charge is 2.10. The van der Waals surface area contributed by atoms with Gasteiger partial charge in [-0.3, -0.25) is 4.90 Å². The number of halogens is 2. The van der Waals surface area contributed by atoms with Gasteiger partial charge in [-0.1, -0.05) is 0 Å². The van der Waals surface area contributed by atoms with Crippen molar-refractivity contribution in [1.29, 1.82) is 0 Å². The van der Waals surface area contributed by atoms with Gasteiger partial charge in [0.05, 0.1) is 26.0 Å². The van der Waals surface area contributed by atoms with Crippen LogP contribution < -0.4 is 10.6 Å². The van der Waals surface area contributed by atoms with Crippen LogP contribution in [0.3, 0.4) is 0 Å². The number of morpholine rings is 1. The third-order valence-electron chi connectivity index (χ3n) is 4.71. The van der Waals surface area contributed by atoms with E-state index in [0.29, 0.717) is 18.9 Å². The van der Waals surface area contributed by atoms with Crippen molar-refractivity contribution in [3.05, 3.63) is 59.6 Å². The van der Waals surface area contributed by atoms with Crippen molar-refractivity contribution in [3.8, 4) is 0 Å². The number of benzene rings is 1. The topological polar surface area (TPSA) is 62.0 Å². The zero-order valence-corrected chi connectivity index (χ0v) is 16.5. The number of furan rings is 1. The molecule has 0 radical (unpaired) electrons. The molecule has 158 valence electrons. The van der Waals surface area contributed by atoms with Crippen molar-refractivity contribution >= 4 is 5.96 Å². The van der Waals surface area contributed by atoms with Gasteiger partial charge in [-0.2, -0.15) is 0 Å². The molecule has 2 aromatic rings. The fraction of sp³-hybridized carbons (Fsp3) is 0.476. The molecule has 6 nitrogen and oxygen atoms in total. The molecule has 1 aliphatic heterocycles. The predicted molar refractivity (Wildman–Crippen MR) is 108 cm³/mol. The summed E-state index contributed by atoms with van der Waals surface area (Å²) in [7, 11) is 0. The monoisotopic (exact) mass is 406 g/mol. The molecule has 0 spiro atoms. The van der Waals surface area contributed by atoms with Crippen LogP contribution in [0.2, 0.25) is 0 Å². The number of rotatable bonds is 9. The second-order valence-corrected chi connectivity index (χ2v) is 6.89. The maximum atomic E-state index is 13.9. The largest absolute Gasteiger partial charge is 0.469 e. The average Bonchev–Trinajstić information content (AvgIpc) is 3.25. The molecule has 1 aromatic carbocycles. The number of nitrogens with one attached hydrogen (secondary N) is 2. The molecule has 8 heteroatoms. The molecule has 1 aliphatic rings. The Balaban J connectivity index is 1.50. The minimum absolute atomic E-state index is 0.0587. The van der Waals surface area contributed by atoms with Crippen molar-refractivity contribution in [2.45, 2.75) is 19.4 Å². The van der Waals surface area contributed by atoms with E-state index < -0.39 is 11.6 Å². The van der Waals surface area contributed by atoms with Crippen LogP contribution in [-0.4, -0.2) is 56.8 Å². The number of nitrogens with zero attached hydrogens (tertiary/aromatic N) is 2. The minimum Gasteiger partial charge on any atom is -0.469 e. The van der Waals surface area contributed by atoms with Crippen molar-refractivity contribution < 1.29 is 17.9 Å². The van der Waals surface area contributed by atoms with Gasteiger partial charge < -0.3 is 19.8 Å².